The molecule has 5 nitrogen and oxygen atoms in total. The van der Waals surface area contributed by atoms with Crippen LogP contribution in [0.5, 0.6) is 0 Å². The molecule has 2 aromatic rings. The fourth-order valence-electron chi connectivity index (χ4n) is 2.99. The molecule has 128 valence electrons. The summed E-state index contributed by atoms with van der Waals surface area (Å²) in [5, 5.41) is 2.61. The number of anilines is 1. The predicted molar refractivity (Wildman–Crippen MR) is 98.0 cm³/mol. The highest BCUT2D eigenvalue weighted by molar-refractivity contribution is 5.92. The third kappa shape index (κ3) is 4.53. The lowest BCUT2D eigenvalue weighted by Gasteiger charge is -2.14. The number of nitrogens with zero attached hydrogens (tertiary/aromatic N) is 2. The molecule has 2 amide bonds. The van der Waals surface area contributed by atoms with Crippen LogP contribution in [0.15, 0.2) is 54.7 Å². The van der Waals surface area contributed by atoms with E-state index in [4.69, 9.17) is 0 Å². The zero-order valence-electron chi connectivity index (χ0n) is 14.2. The van der Waals surface area contributed by atoms with Gasteiger partial charge in [0.05, 0.1) is 0 Å². The lowest BCUT2D eigenvalue weighted by molar-refractivity contribution is -0.125. The summed E-state index contributed by atoms with van der Waals surface area (Å²) in [5.74, 6) is 0.774. The van der Waals surface area contributed by atoms with Crippen LogP contribution in [0, 0.1) is 0 Å². The first-order valence-corrected chi connectivity index (χ1v) is 8.37. The van der Waals surface area contributed by atoms with Crippen molar-refractivity contribution in [1.29, 1.82) is 0 Å². The summed E-state index contributed by atoms with van der Waals surface area (Å²) in [5.41, 5.74) is 2.11. The molecule has 1 aromatic heterocycles. The quantitative estimate of drug-likeness (QED) is 0.874. The predicted octanol–water partition coefficient (Wildman–Crippen LogP) is 3.07. The Labute approximate surface area is 147 Å². The van der Waals surface area contributed by atoms with Crippen LogP contribution in [-0.4, -0.2) is 34.8 Å². The standard InChI is InChI=1S/C20H21N3O2/c1-15(24)22-19-9-7-16(13-21-19)8-10-20(25)23-12-11-18(14-23)17-5-3-2-4-6-17/h2-10,13,18H,11-12,14H2,1H3,(H,21,22,24)/b10-8+. The molecule has 0 bridgehead atoms. The van der Waals surface area contributed by atoms with E-state index in [1.807, 2.05) is 29.2 Å². The van der Waals surface area contributed by atoms with E-state index in [0.717, 1.165) is 25.1 Å². The number of pyridine rings is 1. The van der Waals surface area contributed by atoms with Crippen molar-refractivity contribution >= 4 is 23.7 Å². The van der Waals surface area contributed by atoms with Gasteiger partial charge in [-0.15, -0.1) is 0 Å². The Kier molecular flexibility index (Phi) is 5.23. The maximum Gasteiger partial charge on any atom is 0.246 e. The van der Waals surface area contributed by atoms with Crippen molar-refractivity contribution < 1.29 is 9.59 Å². The summed E-state index contributed by atoms with van der Waals surface area (Å²) in [7, 11) is 0. The van der Waals surface area contributed by atoms with Gasteiger partial charge in [0.1, 0.15) is 5.82 Å². The number of carbonyl (C=O) groups is 2. The van der Waals surface area contributed by atoms with Crippen LogP contribution in [0.4, 0.5) is 5.82 Å². The Morgan fingerprint density at radius 1 is 1.20 bits per heavy atom. The molecular weight excluding hydrogens is 314 g/mol. The van der Waals surface area contributed by atoms with E-state index < -0.39 is 0 Å². The van der Waals surface area contributed by atoms with Crippen molar-refractivity contribution in [3.05, 3.63) is 65.9 Å². The second kappa shape index (κ2) is 7.75. The molecule has 2 heterocycles. The van der Waals surface area contributed by atoms with Gasteiger partial charge in [0.15, 0.2) is 0 Å². The Bertz CT molecular complexity index is 769. The number of hydrogen-bond acceptors (Lipinski definition) is 3. The highest BCUT2D eigenvalue weighted by Gasteiger charge is 2.25. The summed E-state index contributed by atoms with van der Waals surface area (Å²) >= 11 is 0. The Balaban J connectivity index is 1.57. The number of rotatable bonds is 4. The van der Waals surface area contributed by atoms with E-state index in [0.29, 0.717) is 11.7 Å². The van der Waals surface area contributed by atoms with E-state index in [1.165, 1.54) is 12.5 Å². The fourth-order valence-corrected chi connectivity index (χ4v) is 2.99. The third-order valence-electron chi connectivity index (χ3n) is 4.28. The zero-order chi connectivity index (χ0) is 17.6. The van der Waals surface area contributed by atoms with Gasteiger partial charge in [-0.25, -0.2) is 4.98 Å². The van der Waals surface area contributed by atoms with Gasteiger partial charge >= 0.3 is 0 Å². The molecule has 0 spiro atoms. The van der Waals surface area contributed by atoms with Crippen LogP contribution in [0.25, 0.3) is 6.08 Å². The van der Waals surface area contributed by atoms with Gasteiger partial charge in [0.2, 0.25) is 11.8 Å². The molecule has 1 atom stereocenters. The second-order valence-corrected chi connectivity index (χ2v) is 6.17. The number of likely N-dealkylation sites (tertiary alicyclic amines) is 1. The van der Waals surface area contributed by atoms with Gasteiger partial charge in [-0.3, -0.25) is 9.59 Å². The fraction of sp³-hybridized carbons (Fsp3) is 0.250. The Hall–Kier alpha value is -2.95. The van der Waals surface area contributed by atoms with Crippen LogP contribution in [0.1, 0.15) is 30.4 Å². The van der Waals surface area contributed by atoms with Crippen molar-refractivity contribution in [2.24, 2.45) is 0 Å². The number of benzene rings is 1. The largest absolute Gasteiger partial charge is 0.339 e. The third-order valence-corrected chi connectivity index (χ3v) is 4.28. The summed E-state index contributed by atoms with van der Waals surface area (Å²) < 4.78 is 0. The molecule has 0 radical (unpaired) electrons. The van der Waals surface area contributed by atoms with Crippen molar-refractivity contribution in [2.45, 2.75) is 19.3 Å². The summed E-state index contributed by atoms with van der Waals surface area (Å²) in [6.07, 6.45) is 5.97. The lowest BCUT2D eigenvalue weighted by atomic mass is 9.99. The van der Waals surface area contributed by atoms with E-state index in [1.54, 1.807) is 24.4 Å². The van der Waals surface area contributed by atoms with Crippen LogP contribution < -0.4 is 5.32 Å². The molecule has 1 aliphatic rings. The number of amides is 2. The molecule has 1 aromatic carbocycles. The molecule has 1 unspecified atom stereocenters. The maximum absolute atomic E-state index is 12.4. The topological polar surface area (TPSA) is 62.3 Å². The smallest absolute Gasteiger partial charge is 0.246 e. The van der Waals surface area contributed by atoms with Crippen LogP contribution >= 0.6 is 0 Å². The molecule has 0 aliphatic carbocycles. The highest BCUT2D eigenvalue weighted by Crippen LogP contribution is 2.27. The van der Waals surface area contributed by atoms with Gasteiger partial charge in [-0.2, -0.15) is 0 Å². The molecule has 5 heteroatoms. The first-order valence-electron chi connectivity index (χ1n) is 8.37. The minimum absolute atomic E-state index is 0.0179. The van der Waals surface area contributed by atoms with Crippen LogP contribution in [-0.2, 0) is 9.59 Å². The van der Waals surface area contributed by atoms with E-state index in [-0.39, 0.29) is 11.8 Å². The summed E-state index contributed by atoms with van der Waals surface area (Å²) in [6, 6.07) is 13.9. The van der Waals surface area contributed by atoms with Crippen molar-refractivity contribution in [3.63, 3.8) is 0 Å². The van der Waals surface area contributed by atoms with Gasteiger partial charge in [0.25, 0.3) is 0 Å². The SMILES string of the molecule is CC(=O)Nc1ccc(/C=C/C(=O)N2CCC(c3ccccc3)C2)cn1. The molecule has 1 aliphatic heterocycles. The average molecular weight is 335 g/mol. The molecule has 25 heavy (non-hydrogen) atoms. The Morgan fingerprint density at radius 2 is 2.00 bits per heavy atom. The van der Waals surface area contributed by atoms with E-state index in [2.05, 4.69) is 22.4 Å². The van der Waals surface area contributed by atoms with Crippen molar-refractivity contribution in [2.75, 3.05) is 18.4 Å². The first kappa shape index (κ1) is 16.9. The molecule has 3 rings (SSSR count). The second-order valence-electron chi connectivity index (χ2n) is 6.17. The first-order chi connectivity index (χ1) is 12.1. The summed E-state index contributed by atoms with van der Waals surface area (Å²) in [6.45, 7) is 2.97. The minimum atomic E-state index is -0.159. The monoisotopic (exact) mass is 335 g/mol. The van der Waals surface area contributed by atoms with Crippen LogP contribution in [0.2, 0.25) is 0 Å². The summed E-state index contributed by atoms with van der Waals surface area (Å²) in [4.78, 5) is 29.4. The normalized spacial score (nSPS) is 17.0. The maximum atomic E-state index is 12.4. The van der Waals surface area contributed by atoms with E-state index >= 15 is 0 Å². The Morgan fingerprint density at radius 3 is 2.68 bits per heavy atom. The molecular formula is C20H21N3O2. The van der Waals surface area contributed by atoms with Gasteiger partial charge in [0, 0.05) is 38.2 Å². The van der Waals surface area contributed by atoms with Crippen molar-refractivity contribution in [3.8, 4) is 0 Å². The number of nitrogens with one attached hydrogen (secondary N) is 1. The molecule has 1 saturated heterocycles. The van der Waals surface area contributed by atoms with Crippen molar-refractivity contribution in [1.82, 2.24) is 9.88 Å². The van der Waals surface area contributed by atoms with Crippen LogP contribution in [0.3, 0.4) is 0 Å². The highest BCUT2D eigenvalue weighted by atomic mass is 16.2. The zero-order valence-corrected chi connectivity index (χ0v) is 14.2. The number of carbonyl (C=O) groups excluding carboxylic acids is 2. The average Bonchev–Trinajstić information content (AvgIpc) is 3.11. The lowest BCUT2D eigenvalue weighted by Crippen LogP contribution is -2.26. The molecule has 0 saturated carbocycles. The molecule has 1 fully saturated rings. The van der Waals surface area contributed by atoms with Gasteiger partial charge in [-0.05, 0) is 35.8 Å². The number of aromatic nitrogens is 1. The minimum Gasteiger partial charge on any atom is -0.339 e. The molecule has 1 N–H and O–H groups in total. The number of hydrogen-bond donors (Lipinski definition) is 1. The van der Waals surface area contributed by atoms with E-state index in [9.17, 15) is 9.59 Å². The van der Waals surface area contributed by atoms with Gasteiger partial charge < -0.3 is 10.2 Å². The van der Waals surface area contributed by atoms with Gasteiger partial charge in [-0.1, -0.05) is 30.3 Å².